The first-order valence-electron chi connectivity index (χ1n) is 6.43. The van der Waals surface area contributed by atoms with E-state index in [1.54, 1.807) is 13.8 Å². The van der Waals surface area contributed by atoms with Crippen molar-refractivity contribution >= 4 is 17.0 Å². The van der Waals surface area contributed by atoms with Gasteiger partial charge in [-0.3, -0.25) is 9.59 Å². The molecule has 1 amide bonds. The van der Waals surface area contributed by atoms with E-state index in [0.29, 0.717) is 25.1 Å². The van der Waals surface area contributed by atoms with E-state index in [2.05, 4.69) is 15.3 Å². The average molecular weight is 279 g/mol. The van der Waals surface area contributed by atoms with E-state index < -0.39 is 11.7 Å². The van der Waals surface area contributed by atoms with Crippen LogP contribution in [0.25, 0.3) is 11.1 Å². The number of aliphatic hydroxyl groups is 1. The number of aromatic nitrogens is 2. The van der Waals surface area contributed by atoms with E-state index in [4.69, 9.17) is 9.52 Å². The van der Waals surface area contributed by atoms with Crippen molar-refractivity contribution in [1.82, 2.24) is 15.3 Å². The van der Waals surface area contributed by atoms with Gasteiger partial charge >= 0.3 is 0 Å². The second kappa shape index (κ2) is 5.87. The molecule has 1 unspecified atom stereocenters. The first-order chi connectivity index (χ1) is 9.50. The molecule has 108 valence electrons. The Bertz CT molecular complexity index is 672. The van der Waals surface area contributed by atoms with Crippen molar-refractivity contribution in [1.29, 1.82) is 0 Å². The van der Waals surface area contributed by atoms with Crippen molar-refractivity contribution in [3.8, 4) is 0 Å². The summed E-state index contributed by atoms with van der Waals surface area (Å²) in [5.41, 5.74) is -0.0345. The normalized spacial score (nSPS) is 12.6. The molecule has 0 saturated heterocycles. The van der Waals surface area contributed by atoms with Crippen LogP contribution in [0.2, 0.25) is 0 Å². The maximum atomic E-state index is 12.1. The summed E-state index contributed by atoms with van der Waals surface area (Å²) in [5, 5.41) is 12.0. The summed E-state index contributed by atoms with van der Waals surface area (Å²) in [7, 11) is 0. The van der Waals surface area contributed by atoms with E-state index in [1.807, 2.05) is 0 Å². The number of furan rings is 1. The van der Waals surface area contributed by atoms with Gasteiger partial charge in [-0.25, -0.2) is 4.98 Å². The Kier molecular flexibility index (Phi) is 4.19. The number of hydrogen-bond acceptors (Lipinski definition) is 5. The molecule has 0 aromatic carbocycles. The third-order valence-corrected chi connectivity index (χ3v) is 2.98. The lowest BCUT2D eigenvalue weighted by Crippen LogP contribution is -2.26. The van der Waals surface area contributed by atoms with E-state index >= 15 is 0 Å². The third kappa shape index (κ3) is 2.88. The largest absolute Gasteiger partial charge is 0.442 e. The molecule has 0 aliphatic heterocycles. The second-order valence-electron chi connectivity index (χ2n) is 4.69. The molecule has 7 heteroatoms. The summed E-state index contributed by atoms with van der Waals surface area (Å²) in [6.45, 7) is 3.74. The Morgan fingerprint density at radius 3 is 3.05 bits per heavy atom. The molecule has 0 spiro atoms. The number of carbonyl (C=O) groups excluding carboxylic acids is 1. The van der Waals surface area contributed by atoms with Crippen molar-refractivity contribution in [2.75, 3.05) is 6.54 Å². The van der Waals surface area contributed by atoms with Gasteiger partial charge in [0.15, 0.2) is 0 Å². The number of hydrogen-bond donors (Lipinski definition) is 3. The molecule has 2 aromatic rings. The van der Waals surface area contributed by atoms with Crippen LogP contribution in [0.5, 0.6) is 0 Å². The zero-order chi connectivity index (χ0) is 14.7. The SMILES string of the molecule is Cc1oc2nc[nH]c(=O)c2c1C(=O)NCCCC(C)O. The fraction of sp³-hybridized carbons (Fsp3) is 0.462. The van der Waals surface area contributed by atoms with Crippen LogP contribution in [0.4, 0.5) is 0 Å². The predicted molar refractivity (Wildman–Crippen MR) is 72.6 cm³/mol. The minimum absolute atomic E-state index is 0.153. The van der Waals surface area contributed by atoms with E-state index in [-0.39, 0.29) is 22.6 Å². The average Bonchev–Trinajstić information content (AvgIpc) is 2.72. The summed E-state index contributed by atoms with van der Waals surface area (Å²) in [6.07, 6.45) is 2.11. The number of fused-ring (bicyclic) bond motifs is 1. The maximum absolute atomic E-state index is 12.1. The molecule has 1 atom stereocenters. The van der Waals surface area contributed by atoms with Gasteiger partial charge in [0, 0.05) is 6.54 Å². The lowest BCUT2D eigenvalue weighted by Gasteiger charge is -2.06. The minimum Gasteiger partial charge on any atom is -0.442 e. The molecule has 0 aliphatic rings. The molecule has 3 N–H and O–H groups in total. The number of amides is 1. The van der Waals surface area contributed by atoms with Crippen molar-refractivity contribution in [2.24, 2.45) is 0 Å². The van der Waals surface area contributed by atoms with Gasteiger partial charge in [0.25, 0.3) is 11.5 Å². The quantitative estimate of drug-likeness (QED) is 0.699. The van der Waals surface area contributed by atoms with Crippen molar-refractivity contribution in [2.45, 2.75) is 32.8 Å². The number of nitrogens with one attached hydrogen (secondary N) is 2. The maximum Gasteiger partial charge on any atom is 0.262 e. The molecule has 2 aromatic heterocycles. The number of aliphatic hydroxyl groups excluding tert-OH is 1. The highest BCUT2D eigenvalue weighted by molar-refractivity contribution is 6.06. The van der Waals surface area contributed by atoms with Crippen LogP contribution in [-0.2, 0) is 0 Å². The fourth-order valence-corrected chi connectivity index (χ4v) is 2.01. The standard InChI is InChI=1S/C13H17N3O4/c1-7(17)4-3-5-14-11(18)9-8(2)20-13-10(9)12(19)15-6-16-13/h6-7,17H,3-5H2,1-2H3,(H,14,18)(H,15,16,19). The lowest BCUT2D eigenvalue weighted by atomic mass is 10.1. The number of rotatable bonds is 5. The van der Waals surface area contributed by atoms with Gasteiger partial charge in [-0.1, -0.05) is 0 Å². The number of nitrogens with zero attached hydrogens (tertiary/aromatic N) is 1. The van der Waals surface area contributed by atoms with Gasteiger partial charge in [0.1, 0.15) is 11.1 Å². The molecule has 0 radical (unpaired) electrons. The van der Waals surface area contributed by atoms with Crippen molar-refractivity contribution in [3.63, 3.8) is 0 Å². The second-order valence-corrected chi connectivity index (χ2v) is 4.69. The third-order valence-electron chi connectivity index (χ3n) is 2.98. The van der Waals surface area contributed by atoms with Crippen LogP contribution >= 0.6 is 0 Å². The number of aryl methyl sites for hydroxylation is 1. The first-order valence-corrected chi connectivity index (χ1v) is 6.43. The fourth-order valence-electron chi connectivity index (χ4n) is 2.01. The number of carbonyl (C=O) groups is 1. The first kappa shape index (κ1) is 14.3. The number of H-pyrrole nitrogens is 1. The van der Waals surface area contributed by atoms with E-state index in [1.165, 1.54) is 6.33 Å². The zero-order valence-electron chi connectivity index (χ0n) is 11.4. The Morgan fingerprint density at radius 2 is 2.35 bits per heavy atom. The number of aromatic amines is 1. The minimum atomic E-state index is -0.402. The van der Waals surface area contributed by atoms with Gasteiger partial charge in [0.2, 0.25) is 5.71 Å². The van der Waals surface area contributed by atoms with E-state index in [0.717, 1.165) is 0 Å². The molecule has 0 fully saturated rings. The van der Waals surface area contributed by atoms with Gasteiger partial charge in [-0.05, 0) is 26.7 Å². The smallest absolute Gasteiger partial charge is 0.262 e. The van der Waals surface area contributed by atoms with Crippen LogP contribution < -0.4 is 10.9 Å². The van der Waals surface area contributed by atoms with Crippen LogP contribution in [-0.4, -0.2) is 33.6 Å². The molecule has 7 nitrogen and oxygen atoms in total. The highest BCUT2D eigenvalue weighted by Gasteiger charge is 2.21. The van der Waals surface area contributed by atoms with Crippen LogP contribution in [0.15, 0.2) is 15.5 Å². The van der Waals surface area contributed by atoms with Gasteiger partial charge < -0.3 is 19.8 Å². The van der Waals surface area contributed by atoms with Crippen LogP contribution in [0, 0.1) is 6.92 Å². The Balaban J connectivity index is 2.18. The Labute approximate surface area is 115 Å². The zero-order valence-corrected chi connectivity index (χ0v) is 11.4. The molecule has 0 saturated carbocycles. The summed E-state index contributed by atoms with van der Waals surface area (Å²) >= 11 is 0. The molecule has 0 aliphatic carbocycles. The van der Waals surface area contributed by atoms with Crippen molar-refractivity contribution < 1.29 is 14.3 Å². The summed E-state index contributed by atoms with van der Waals surface area (Å²) in [6, 6.07) is 0. The Hall–Kier alpha value is -2.15. The van der Waals surface area contributed by atoms with Gasteiger partial charge in [-0.2, -0.15) is 0 Å². The van der Waals surface area contributed by atoms with E-state index in [9.17, 15) is 9.59 Å². The molecule has 2 heterocycles. The summed E-state index contributed by atoms with van der Waals surface area (Å²) < 4.78 is 5.31. The lowest BCUT2D eigenvalue weighted by molar-refractivity contribution is 0.0949. The summed E-state index contributed by atoms with van der Waals surface area (Å²) in [5.74, 6) is -0.0115. The van der Waals surface area contributed by atoms with Crippen LogP contribution in [0.1, 0.15) is 35.9 Å². The van der Waals surface area contributed by atoms with Crippen LogP contribution in [0.3, 0.4) is 0 Å². The topological polar surface area (TPSA) is 108 Å². The highest BCUT2D eigenvalue weighted by atomic mass is 16.3. The van der Waals surface area contributed by atoms with Gasteiger partial charge in [-0.15, -0.1) is 0 Å². The Morgan fingerprint density at radius 1 is 1.60 bits per heavy atom. The predicted octanol–water partition coefficient (Wildman–Crippen LogP) is 0.715. The van der Waals surface area contributed by atoms with Crippen molar-refractivity contribution in [3.05, 3.63) is 28.0 Å². The highest BCUT2D eigenvalue weighted by Crippen LogP contribution is 2.20. The molecule has 20 heavy (non-hydrogen) atoms. The molecular formula is C13H17N3O4. The molecule has 2 rings (SSSR count). The monoisotopic (exact) mass is 279 g/mol. The molecule has 0 bridgehead atoms. The molecular weight excluding hydrogens is 262 g/mol. The van der Waals surface area contributed by atoms with Gasteiger partial charge in [0.05, 0.1) is 18.0 Å². The summed E-state index contributed by atoms with van der Waals surface area (Å²) in [4.78, 5) is 30.2.